The normalized spacial score (nSPS) is 13.9. The highest BCUT2D eigenvalue weighted by Crippen LogP contribution is 2.44. The molecule has 3 aromatic carbocycles. The molecule has 14 heteroatoms. The molecule has 0 radical (unpaired) electrons. The lowest BCUT2D eigenvalue weighted by atomic mass is 9.83. The van der Waals surface area contributed by atoms with E-state index in [0.717, 1.165) is 23.3 Å². The van der Waals surface area contributed by atoms with Gasteiger partial charge in [-0.1, -0.05) is 82.8 Å². The van der Waals surface area contributed by atoms with E-state index in [0.29, 0.717) is 33.5 Å². The van der Waals surface area contributed by atoms with Gasteiger partial charge >= 0.3 is 11.9 Å². The average Bonchev–Trinajstić information content (AvgIpc) is 3.41. The zero-order valence-electron chi connectivity index (χ0n) is 24.6. The number of fused-ring (bicyclic) bond motifs is 1. The first-order chi connectivity index (χ1) is 22.5. The maximum absolute atomic E-state index is 13.1. The smallest absolute Gasteiger partial charge is 0.341 e. The highest BCUT2D eigenvalue weighted by atomic mass is 35.5. The van der Waals surface area contributed by atoms with E-state index in [9.17, 15) is 24.3 Å². The van der Waals surface area contributed by atoms with Crippen LogP contribution in [0.3, 0.4) is 0 Å². The number of thiophene rings is 1. The van der Waals surface area contributed by atoms with Crippen LogP contribution in [0.1, 0.15) is 66.3 Å². The Morgan fingerprint density at radius 1 is 0.915 bits per heavy atom. The van der Waals surface area contributed by atoms with Crippen LogP contribution >= 0.6 is 69.5 Å². The molecule has 0 spiro atoms. The highest BCUT2D eigenvalue weighted by Gasteiger charge is 2.31. The number of hydrogen-bond acceptors (Lipinski definition) is 7. The van der Waals surface area contributed by atoms with Gasteiger partial charge in [0.05, 0.1) is 49.1 Å². The number of thioether (sulfide) groups is 1. The van der Waals surface area contributed by atoms with E-state index in [1.807, 2.05) is 18.2 Å². The first-order valence-electron chi connectivity index (χ1n) is 14.3. The van der Waals surface area contributed by atoms with E-state index in [1.165, 1.54) is 28.7 Å². The van der Waals surface area contributed by atoms with E-state index >= 15 is 0 Å². The van der Waals surface area contributed by atoms with Gasteiger partial charge in [-0.15, -0.1) is 23.1 Å². The zero-order chi connectivity index (χ0) is 33.8. The van der Waals surface area contributed by atoms with Gasteiger partial charge in [-0.05, 0) is 61.4 Å². The molecular formula is C33H26Cl4N2O6S2. The summed E-state index contributed by atoms with van der Waals surface area (Å²) in [7, 11) is 0. The molecule has 3 N–H and O–H groups in total. The Morgan fingerprint density at radius 3 is 2.30 bits per heavy atom. The maximum atomic E-state index is 13.1. The standard InChI is InChI=1S/C33H26Cl4N2O6S2/c1-2-45-33(44)23-20-12-11-17(16-7-4-3-5-8-16)13-21(20)47-31(23)39-22(40)15-46-19-10-6-9-18(14-19)38-30(41)24-25(32(42)43)27(35)29(37)28(36)26(24)34/h3-10,14,17H,2,11-13,15H2,1H3,(H,38,41)(H,39,40)(H,42,43). The number of ether oxygens (including phenoxy) is 1. The summed E-state index contributed by atoms with van der Waals surface area (Å²) in [4.78, 5) is 52.9. The van der Waals surface area contributed by atoms with E-state index < -0.39 is 34.0 Å². The molecule has 1 unspecified atom stereocenters. The first-order valence-corrected chi connectivity index (χ1v) is 17.6. The van der Waals surface area contributed by atoms with Gasteiger partial charge in [0, 0.05) is 15.5 Å². The van der Waals surface area contributed by atoms with Crippen LogP contribution < -0.4 is 10.6 Å². The minimum absolute atomic E-state index is 0.00621. The lowest BCUT2D eigenvalue weighted by Gasteiger charge is -2.23. The number of amides is 2. The number of halogens is 4. The molecule has 0 saturated heterocycles. The van der Waals surface area contributed by atoms with Gasteiger partial charge in [0.15, 0.2) is 0 Å². The third-order valence-electron chi connectivity index (χ3n) is 7.44. The molecule has 47 heavy (non-hydrogen) atoms. The number of aromatic carboxylic acids is 1. The topological polar surface area (TPSA) is 122 Å². The molecule has 1 atom stereocenters. The summed E-state index contributed by atoms with van der Waals surface area (Å²) in [5, 5.41) is 14.4. The van der Waals surface area contributed by atoms with Crippen LogP contribution in [0.4, 0.5) is 10.7 Å². The number of benzene rings is 3. The van der Waals surface area contributed by atoms with Crippen molar-refractivity contribution in [1.29, 1.82) is 0 Å². The van der Waals surface area contributed by atoms with Crippen molar-refractivity contribution in [1.82, 2.24) is 0 Å². The third kappa shape index (κ3) is 7.74. The molecule has 0 saturated carbocycles. The largest absolute Gasteiger partial charge is 0.478 e. The predicted octanol–water partition coefficient (Wildman–Crippen LogP) is 9.49. The predicted molar refractivity (Wildman–Crippen MR) is 189 cm³/mol. The molecular weight excluding hydrogens is 726 g/mol. The first kappa shape index (κ1) is 35.1. The van der Waals surface area contributed by atoms with Crippen LogP contribution in [-0.4, -0.2) is 41.2 Å². The van der Waals surface area contributed by atoms with Crippen LogP contribution in [0, 0.1) is 0 Å². The third-order valence-corrected chi connectivity index (χ3v) is 11.4. The van der Waals surface area contributed by atoms with Gasteiger partial charge in [0.1, 0.15) is 5.00 Å². The van der Waals surface area contributed by atoms with Crippen molar-refractivity contribution in [3.8, 4) is 0 Å². The molecule has 0 bridgehead atoms. The van der Waals surface area contributed by atoms with Crippen molar-refractivity contribution < 1.29 is 29.0 Å². The number of rotatable bonds is 10. The molecule has 5 rings (SSSR count). The average molecular weight is 753 g/mol. The second kappa shape index (κ2) is 15.3. The number of carboxylic acid groups (broad SMARTS) is 1. The van der Waals surface area contributed by atoms with Crippen molar-refractivity contribution in [2.75, 3.05) is 23.0 Å². The number of esters is 1. The number of anilines is 2. The molecule has 4 aromatic rings. The highest BCUT2D eigenvalue weighted by molar-refractivity contribution is 8.00. The molecule has 1 aliphatic rings. The van der Waals surface area contributed by atoms with E-state index in [4.69, 9.17) is 51.1 Å². The number of carboxylic acids is 1. The van der Waals surface area contributed by atoms with Crippen LogP contribution in [0.2, 0.25) is 20.1 Å². The Bertz CT molecular complexity index is 1880. The summed E-state index contributed by atoms with van der Waals surface area (Å²) < 4.78 is 5.35. The van der Waals surface area contributed by atoms with Crippen LogP contribution in [0.15, 0.2) is 59.5 Å². The van der Waals surface area contributed by atoms with Crippen molar-refractivity contribution >= 4 is 104 Å². The summed E-state index contributed by atoms with van der Waals surface area (Å²) in [5.41, 5.74) is 1.87. The summed E-state index contributed by atoms with van der Waals surface area (Å²) in [6.45, 7) is 1.96. The van der Waals surface area contributed by atoms with E-state index in [-0.39, 0.29) is 33.3 Å². The van der Waals surface area contributed by atoms with Gasteiger partial charge in [0.25, 0.3) is 5.91 Å². The summed E-state index contributed by atoms with van der Waals surface area (Å²) in [6, 6.07) is 16.9. The quantitative estimate of drug-likeness (QED) is 0.0639. The van der Waals surface area contributed by atoms with Crippen LogP contribution in [0.25, 0.3) is 0 Å². The molecule has 1 aromatic heterocycles. The Morgan fingerprint density at radius 2 is 1.62 bits per heavy atom. The summed E-state index contributed by atoms with van der Waals surface area (Å²) >= 11 is 27.0. The number of nitrogens with one attached hydrogen (secondary N) is 2. The van der Waals surface area contributed by atoms with Crippen molar-refractivity contribution in [2.24, 2.45) is 0 Å². The van der Waals surface area contributed by atoms with Gasteiger partial charge in [-0.3, -0.25) is 9.59 Å². The SMILES string of the molecule is CCOC(=O)c1c(NC(=O)CSc2cccc(NC(=O)c3c(Cl)c(Cl)c(Cl)c(Cl)c3C(=O)O)c2)sc2c1CCC(c1ccccc1)C2. The zero-order valence-corrected chi connectivity index (χ0v) is 29.3. The Balaban J connectivity index is 1.29. The Labute approximate surface area is 298 Å². The fourth-order valence-corrected chi connectivity index (χ4v) is 8.42. The fraction of sp³-hybridized carbons (Fsp3) is 0.212. The van der Waals surface area contributed by atoms with Crippen LogP contribution in [-0.2, 0) is 22.4 Å². The van der Waals surface area contributed by atoms with Gasteiger partial charge in [0.2, 0.25) is 5.91 Å². The van der Waals surface area contributed by atoms with Crippen molar-refractivity contribution in [3.05, 3.63) is 107 Å². The van der Waals surface area contributed by atoms with Crippen molar-refractivity contribution in [2.45, 2.75) is 37.0 Å². The number of carbonyl (C=O) groups is 4. The second-order valence-corrected chi connectivity index (χ2v) is 14.1. The van der Waals surface area contributed by atoms with Crippen molar-refractivity contribution in [3.63, 3.8) is 0 Å². The Kier molecular flexibility index (Phi) is 11.4. The minimum Gasteiger partial charge on any atom is -0.478 e. The number of carbonyl (C=O) groups excluding carboxylic acids is 3. The lowest BCUT2D eigenvalue weighted by molar-refractivity contribution is -0.113. The minimum atomic E-state index is -1.51. The Hall–Kier alpha value is -3.25. The lowest BCUT2D eigenvalue weighted by Crippen LogP contribution is -2.18. The molecule has 244 valence electrons. The van der Waals surface area contributed by atoms with E-state index in [2.05, 4.69) is 22.8 Å². The summed E-state index contributed by atoms with van der Waals surface area (Å²) in [6.07, 6.45) is 2.36. The van der Waals surface area contributed by atoms with E-state index in [1.54, 1.807) is 31.2 Å². The molecule has 2 amide bonds. The number of hydrogen-bond donors (Lipinski definition) is 3. The molecule has 0 aliphatic heterocycles. The van der Waals surface area contributed by atoms with Gasteiger partial charge in [-0.25, -0.2) is 9.59 Å². The molecule has 1 aliphatic carbocycles. The van der Waals surface area contributed by atoms with Crippen LogP contribution in [0.5, 0.6) is 0 Å². The van der Waals surface area contributed by atoms with Gasteiger partial charge < -0.3 is 20.5 Å². The molecule has 0 fully saturated rings. The second-order valence-electron chi connectivity index (χ2n) is 10.4. The fourth-order valence-electron chi connectivity index (χ4n) is 5.32. The summed E-state index contributed by atoms with van der Waals surface area (Å²) in [5.74, 6) is -2.82. The maximum Gasteiger partial charge on any atom is 0.341 e. The molecule has 1 heterocycles. The monoisotopic (exact) mass is 750 g/mol. The van der Waals surface area contributed by atoms with Gasteiger partial charge in [-0.2, -0.15) is 0 Å². The molecule has 8 nitrogen and oxygen atoms in total.